The van der Waals surface area contributed by atoms with Crippen LogP contribution in [0, 0.1) is 0 Å². The molecule has 0 unspecified atom stereocenters. The third-order valence-corrected chi connectivity index (χ3v) is 6.66. The van der Waals surface area contributed by atoms with Crippen LogP contribution in [0.5, 0.6) is 11.5 Å². The lowest BCUT2D eigenvalue weighted by atomic mass is 10.1. The van der Waals surface area contributed by atoms with Crippen molar-refractivity contribution in [3.8, 4) is 11.5 Å². The second-order valence-corrected chi connectivity index (χ2v) is 9.35. The van der Waals surface area contributed by atoms with Gasteiger partial charge in [-0.2, -0.15) is 4.98 Å². The average Bonchev–Trinajstić information content (AvgIpc) is 2.86. The Morgan fingerprint density at radius 2 is 1.97 bits per heavy atom. The molecule has 0 spiro atoms. The molecule has 186 valence electrons. The molecule has 2 aromatic heterocycles. The fourth-order valence-electron chi connectivity index (χ4n) is 3.94. The number of nitrogens with one attached hydrogen (secondary N) is 1. The van der Waals surface area contributed by atoms with Gasteiger partial charge in [-0.3, -0.25) is 9.59 Å². The highest BCUT2D eigenvalue weighted by Gasteiger charge is 2.21. The zero-order valence-corrected chi connectivity index (χ0v) is 21.3. The van der Waals surface area contributed by atoms with E-state index in [-0.39, 0.29) is 29.1 Å². The number of aryl methyl sites for hydroxylation is 1. The Hall–Kier alpha value is -3.04. The molecule has 9 nitrogen and oxygen atoms in total. The molecule has 3 heterocycles. The molecule has 3 aromatic rings. The van der Waals surface area contributed by atoms with Crippen molar-refractivity contribution in [2.75, 3.05) is 37.0 Å². The first-order chi connectivity index (χ1) is 16.8. The first-order valence-electron chi connectivity index (χ1n) is 11.4. The van der Waals surface area contributed by atoms with E-state index < -0.39 is 0 Å². The molecule has 0 atom stereocenters. The maximum atomic E-state index is 12.8. The van der Waals surface area contributed by atoms with Gasteiger partial charge in [0.05, 0.1) is 18.8 Å². The number of ketones is 1. The number of methoxy groups -OCH3 is 1. The van der Waals surface area contributed by atoms with Crippen molar-refractivity contribution in [2.45, 2.75) is 31.6 Å². The topological polar surface area (TPSA) is 98.6 Å². The minimum absolute atomic E-state index is 0.0889. The summed E-state index contributed by atoms with van der Waals surface area (Å²) in [5.41, 5.74) is 0.884. The molecule has 1 fully saturated rings. The van der Waals surface area contributed by atoms with E-state index in [1.165, 1.54) is 11.7 Å². The molecule has 1 aromatic carbocycles. The van der Waals surface area contributed by atoms with Crippen LogP contribution in [0.3, 0.4) is 0 Å². The van der Waals surface area contributed by atoms with Crippen molar-refractivity contribution < 1.29 is 14.3 Å². The summed E-state index contributed by atoms with van der Waals surface area (Å²) in [5, 5.41) is 4.46. The molecule has 1 aliphatic heterocycles. The Morgan fingerprint density at radius 1 is 1.23 bits per heavy atom. The number of aromatic nitrogens is 3. The summed E-state index contributed by atoms with van der Waals surface area (Å²) in [6, 6.07) is 5.21. The Balaban J connectivity index is 1.69. The number of carbonyl (C=O) groups is 1. The Bertz CT molecular complexity index is 1310. The molecule has 0 bridgehead atoms. The third-order valence-electron chi connectivity index (χ3n) is 5.95. The van der Waals surface area contributed by atoms with Crippen LogP contribution in [0.4, 0.5) is 17.5 Å². The van der Waals surface area contributed by atoms with Crippen LogP contribution in [-0.2, 0) is 11.8 Å². The van der Waals surface area contributed by atoms with Gasteiger partial charge in [0.1, 0.15) is 17.4 Å². The van der Waals surface area contributed by atoms with Crippen molar-refractivity contribution >= 4 is 57.3 Å². The molecule has 1 saturated heterocycles. The maximum Gasteiger partial charge on any atom is 0.293 e. The Morgan fingerprint density at radius 3 is 2.66 bits per heavy atom. The van der Waals surface area contributed by atoms with Crippen molar-refractivity contribution in [3.63, 3.8) is 0 Å². The van der Waals surface area contributed by atoms with Gasteiger partial charge in [0.25, 0.3) is 5.56 Å². The van der Waals surface area contributed by atoms with Gasteiger partial charge in [0.2, 0.25) is 5.95 Å². The lowest BCUT2D eigenvalue weighted by Crippen LogP contribution is -2.35. The molecule has 35 heavy (non-hydrogen) atoms. The summed E-state index contributed by atoms with van der Waals surface area (Å²) in [6.45, 7) is 3.13. The van der Waals surface area contributed by atoms with Gasteiger partial charge in [-0.25, -0.2) is 4.98 Å². The highest BCUT2D eigenvalue weighted by Crippen LogP contribution is 2.33. The number of hydrogen-bond donors (Lipinski definition) is 1. The van der Waals surface area contributed by atoms with Gasteiger partial charge in [-0.05, 0) is 25.0 Å². The summed E-state index contributed by atoms with van der Waals surface area (Å²) >= 11 is 12.6. The van der Waals surface area contributed by atoms with Gasteiger partial charge in [0, 0.05) is 49.1 Å². The lowest BCUT2D eigenvalue weighted by molar-refractivity contribution is -0.120. The van der Waals surface area contributed by atoms with E-state index in [0.717, 1.165) is 25.9 Å². The van der Waals surface area contributed by atoms with Crippen molar-refractivity contribution in [2.24, 2.45) is 7.05 Å². The van der Waals surface area contributed by atoms with Gasteiger partial charge >= 0.3 is 0 Å². The molecular formula is C24H27Cl2N5O4. The minimum atomic E-state index is -0.357. The summed E-state index contributed by atoms with van der Waals surface area (Å²) in [4.78, 5) is 35.6. The largest absolute Gasteiger partial charge is 0.494 e. The van der Waals surface area contributed by atoms with Crippen LogP contribution < -0.4 is 25.2 Å². The normalized spacial score (nSPS) is 14.3. The fourth-order valence-corrected chi connectivity index (χ4v) is 4.28. The standard InChI is InChI=1S/C24H27Cl2N5O4/c1-4-17(32)13-35-20-10-14-9-16(11-19(34-3)21(14)30(2)23(20)33)28-22-18(26)12-27-24(29-22)31-7-5-15(25)6-8-31/h9-12,15H,4-8,13H2,1-3H3,(H,27,28,29). The number of Topliss-reactive ketones (excluding diaryl/α,β-unsaturated/α-hetero) is 1. The Kier molecular flexibility index (Phi) is 7.66. The second-order valence-electron chi connectivity index (χ2n) is 8.32. The number of nitrogens with zero attached hydrogens (tertiary/aromatic N) is 4. The van der Waals surface area contributed by atoms with Crippen LogP contribution in [0.15, 0.2) is 29.2 Å². The number of ether oxygens (including phenoxy) is 2. The second kappa shape index (κ2) is 10.7. The number of benzene rings is 1. The summed E-state index contributed by atoms with van der Waals surface area (Å²) in [7, 11) is 3.16. The molecule has 0 aliphatic carbocycles. The smallest absolute Gasteiger partial charge is 0.293 e. The summed E-state index contributed by atoms with van der Waals surface area (Å²) in [5.74, 6) is 1.50. The van der Waals surface area contributed by atoms with E-state index in [1.807, 2.05) is 6.07 Å². The molecule has 0 saturated carbocycles. The van der Waals surface area contributed by atoms with Crippen LogP contribution in [0.25, 0.3) is 10.9 Å². The molecular weight excluding hydrogens is 493 g/mol. The highest BCUT2D eigenvalue weighted by molar-refractivity contribution is 6.33. The molecule has 11 heteroatoms. The highest BCUT2D eigenvalue weighted by atomic mass is 35.5. The third kappa shape index (κ3) is 5.46. The summed E-state index contributed by atoms with van der Waals surface area (Å²) in [6.07, 6.45) is 3.63. The zero-order valence-electron chi connectivity index (χ0n) is 19.8. The molecule has 1 N–H and O–H groups in total. The number of pyridine rings is 1. The zero-order chi connectivity index (χ0) is 25.1. The number of alkyl halides is 1. The Labute approximate surface area is 213 Å². The first kappa shape index (κ1) is 25.1. The lowest BCUT2D eigenvalue weighted by Gasteiger charge is -2.29. The number of halogens is 2. The van der Waals surface area contributed by atoms with E-state index in [4.69, 9.17) is 32.7 Å². The van der Waals surface area contributed by atoms with E-state index in [1.54, 1.807) is 32.3 Å². The van der Waals surface area contributed by atoms with Crippen LogP contribution >= 0.6 is 23.2 Å². The number of rotatable bonds is 8. The predicted molar refractivity (Wildman–Crippen MR) is 138 cm³/mol. The van der Waals surface area contributed by atoms with E-state index in [0.29, 0.717) is 45.5 Å². The molecule has 0 amide bonds. The summed E-state index contributed by atoms with van der Waals surface area (Å²) < 4.78 is 12.5. The first-order valence-corrected chi connectivity index (χ1v) is 12.2. The fraction of sp³-hybridized carbons (Fsp3) is 0.417. The minimum Gasteiger partial charge on any atom is -0.494 e. The quantitative estimate of drug-likeness (QED) is 0.439. The maximum absolute atomic E-state index is 12.8. The number of piperidine rings is 1. The SMILES string of the molecule is CCC(=O)COc1cc2cc(Nc3nc(N4CCC(Cl)CC4)ncc3Cl)cc(OC)c2n(C)c1=O. The van der Waals surface area contributed by atoms with Gasteiger partial charge < -0.3 is 24.3 Å². The van der Waals surface area contributed by atoms with E-state index in [9.17, 15) is 9.59 Å². The monoisotopic (exact) mass is 519 g/mol. The number of carbonyl (C=O) groups excluding carboxylic acids is 1. The van der Waals surface area contributed by atoms with Gasteiger partial charge in [0.15, 0.2) is 17.4 Å². The van der Waals surface area contributed by atoms with Crippen molar-refractivity contribution in [1.82, 2.24) is 14.5 Å². The number of anilines is 3. The van der Waals surface area contributed by atoms with E-state index >= 15 is 0 Å². The predicted octanol–water partition coefficient (Wildman–Crippen LogP) is 4.30. The molecule has 1 aliphatic rings. The number of fused-ring (bicyclic) bond motifs is 1. The molecule has 4 rings (SSSR count). The molecule has 0 radical (unpaired) electrons. The van der Waals surface area contributed by atoms with Crippen LogP contribution in [0.1, 0.15) is 26.2 Å². The van der Waals surface area contributed by atoms with E-state index in [2.05, 4.69) is 20.2 Å². The van der Waals surface area contributed by atoms with Gasteiger partial charge in [-0.1, -0.05) is 18.5 Å². The van der Waals surface area contributed by atoms with Gasteiger partial charge in [-0.15, -0.1) is 11.6 Å². The number of hydrogen-bond acceptors (Lipinski definition) is 8. The van der Waals surface area contributed by atoms with Crippen molar-refractivity contribution in [3.05, 3.63) is 39.8 Å². The van der Waals surface area contributed by atoms with Crippen molar-refractivity contribution in [1.29, 1.82) is 0 Å². The van der Waals surface area contributed by atoms with Crippen LogP contribution in [0.2, 0.25) is 5.02 Å². The van der Waals surface area contributed by atoms with Crippen LogP contribution in [-0.4, -0.2) is 52.5 Å². The average molecular weight is 520 g/mol.